The predicted octanol–water partition coefficient (Wildman–Crippen LogP) is 0.786. The highest BCUT2D eigenvalue weighted by Gasteiger charge is 2.38. The van der Waals surface area contributed by atoms with E-state index in [1.165, 1.54) is 0 Å². The number of amides is 2. The lowest BCUT2D eigenvalue weighted by Crippen LogP contribution is -2.61. The van der Waals surface area contributed by atoms with Crippen LogP contribution in [-0.4, -0.2) is 49.1 Å². The molecule has 2 rings (SSSR count). The minimum atomic E-state index is -0.297. The van der Waals surface area contributed by atoms with Crippen LogP contribution in [0.1, 0.15) is 33.1 Å². The highest BCUT2D eigenvalue weighted by atomic mass is 16.5. The maximum absolute atomic E-state index is 12.1. The van der Waals surface area contributed by atoms with Crippen molar-refractivity contribution in [2.24, 2.45) is 11.8 Å². The van der Waals surface area contributed by atoms with E-state index in [4.69, 9.17) is 4.74 Å². The van der Waals surface area contributed by atoms with Crippen LogP contribution in [0, 0.1) is 11.8 Å². The lowest BCUT2D eigenvalue weighted by atomic mass is 9.92. The molecule has 2 fully saturated rings. The van der Waals surface area contributed by atoms with E-state index in [0.29, 0.717) is 12.5 Å². The number of hydrogen-bond acceptors (Lipinski definition) is 3. The summed E-state index contributed by atoms with van der Waals surface area (Å²) in [5.74, 6) is 0.719. The zero-order chi connectivity index (χ0) is 13.8. The Morgan fingerprint density at radius 3 is 2.68 bits per heavy atom. The predicted molar refractivity (Wildman–Crippen MR) is 71.5 cm³/mol. The topological polar surface area (TPSA) is 58.6 Å². The molecule has 0 saturated carbocycles. The first-order valence-electron chi connectivity index (χ1n) is 7.28. The van der Waals surface area contributed by atoms with Gasteiger partial charge < -0.3 is 15.0 Å². The summed E-state index contributed by atoms with van der Waals surface area (Å²) in [5, 5.41) is 2.71. The minimum Gasteiger partial charge on any atom is -0.381 e. The van der Waals surface area contributed by atoms with Gasteiger partial charge in [0.2, 0.25) is 11.8 Å². The van der Waals surface area contributed by atoms with Crippen molar-refractivity contribution in [3.63, 3.8) is 0 Å². The normalized spacial score (nSPS) is 27.3. The van der Waals surface area contributed by atoms with E-state index in [0.717, 1.165) is 32.5 Å². The van der Waals surface area contributed by atoms with Gasteiger partial charge >= 0.3 is 0 Å². The molecule has 2 unspecified atom stereocenters. The van der Waals surface area contributed by atoms with E-state index in [-0.39, 0.29) is 30.3 Å². The molecule has 108 valence electrons. The first-order chi connectivity index (χ1) is 9.13. The minimum absolute atomic E-state index is 0.000935. The number of nitrogens with one attached hydrogen (secondary N) is 1. The van der Waals surface area contributed by atoms with Crippen molar-refractivity contribution in [1.82, 2.24) is 10.2 Å². The Morgan fingerprint density at radius 1 is 1.37 bits per heavy atom. The van der Waals surface area contributed by atoms with Crippen LogP contribution < -0.4 is 5.32 Å². The Balaban J connectivity index is 2.07. The first-order valence-corrected chi connectivity index (χ1v) is 7.28. The summed E-state index contributed by atoms with van der Waals surface area (Å²) in [6.07, 6.45) is 2.87. The molecule has 5 nitrogen and oxygen atoms in total. The second kappa shape index (κ2) is 6.37. The molecule has 0 bridgehead atoms. The molecule has 0 aromatic heterocycles. The highest BCUT2D eigenvalue weighted by Crippen LogP contribution is 2.23. The van der Waals surface area contributed by atoms with E-state index in [1.54, 1.807) is 0 Å². The average Bonchev–Trinajstić information content (AvgIpc) is 2.43. The van der Waals surface area contributed by atoms with Gasteiger partial charge in [-0.05, 0) is 24.7 Å². The fourth-order valence-electron chi connectivity index (χ4n) is 2.88. The quantitative estimate of drug-likeness (QED) is 0.820. The molecule has 0 aromatic rings. The molecular weight excluding hydrogens is 244 g/mol. The van der Waals surface area contributed by atoms with Crippen molar-refractivity contribution in [1.29, 1.82) is 0 Å². The van der Waals surface area contributed by atoms with E-state index >= 15 is 0 Å². The number of hydrogen-bond donors (Lipinski definition) is 1. The van der Waals surface area contributed by atoms with Crippen LogP contribution in [0.2, 0.25) is 0 Å². The highest BCUT2D eigenvalue weighted by molar-refractivity contribution is 5.95. The molecule has 0 aromatic carbocycles. The Hall–Kier alpha value is -1.10. The van der Waals surface area contributed by atoms with Gasteiger partial charge in [0, 0.05) is 19.8 Å². The second-order valence-electron chi connectivity index (χ2n) is 5.65. The van der Waals surface area contributed by atoms with Crippen LogP contribution in [0.15, 0.2) is 0 Å². The van der Waals surface area contributed by atoms with Gasteiger partial charge in [-0.3, -0.25) is 9.59 Å². The molecule has 0 aliphatic carbocycles. The number of carbonyl (C=O) groups excluding carboxylic acids is 2. The summed E-state index contributed by atoms with van der Waals surface area (Å²) in [4.78, 5) is 26.0. The van der Waals surface area contributed by atoms with Crippen LogP contribution in [-0.2, 0) is 14.3 Å². The van der Waals surface area contributed by atoms with Gasteiger partial charge in [-0.2, -0.15) is 0 Å². The standard InChI is InChI=1S/C14H24N2O3/c1-3-10(2)13-14(18)15-8-12(17)16(13)9-11-4-6-19-7-5-11/h10-11,13H,3-9H2,1-2H3,(H,15,18). The summed E-state index contributed by atoms with van der Waals surface area (Å²) in [7, 11) is 0. The molecule has 5 heteroatoms. The zero-order valence-electron chi connectivity index (χ0n) is 11.9. The average molecular weight is 268 g/mol. The number of ether oxygens (including phenoxy) is 1. The molecular formula is C14H24N2O3. The summed E-state index contributed by atoms with van der Waals surface area (Å²) >= 11 is 0. The van der Waals surface area contributed by atoms with Gasteiger partial charge in [-0.15, -0.1) is 0 Å². The third kappa shape index (κ3) is 3.26. The van der Waals surface area contributed by atoms with Crippen LogP contribution in [0.5, 0.6) is 0 Å². The maximum atomic E-state index is 12.1. The van der Waals surface area contributed by atoms with Crippen LogP contribution in [0.25, 0.3) is 0 Å². The van der Waals surface area contributed by atoms with Crippen molar-refractivity contribution >= 4 is 11.8 Å². The second-order valence-corrected chi connectivity index (χ2v) is 5.65. The molecule has 2 aliphatic heterocycles. The van der Waals surface area contributed by atoms with E-state index in [1.807, 2.05) is 11.8 Å². The van der Waals surface area contributed by atoms with Crippen molar-refractivity contribution in [2.75, 3.05) is 26.3 Å². The lowest BCUT2D eigenvalue weighted by Gasteiger charge is -2.40. The molecule has 19 heavy (non-hydrogen) atoms. The third-order valence-corrected chi connectivity index (χ3v) is 4.32. The van der Waals surface area contributed by atoms with Crippen molar-refractivity contribution in [3.8, 4) is 0 Å². The van der Waals surface area contributed by atoms with Gasteiger partial charge in [-0.25, -0.2) is 0 Å². The number of carbonyl (C=O) groups is 2. The molecule has 2 atom stereocenters. The summed E-state index contributed by atoms with van der Waals surface area (Å²) in [6, 6.07) is -0.297. The summed E-state index contributed by atoms with van der Waals surface area (Å²) in [5.41, 5.74) is 0. The van der Waals surface area contributed by atoms with Crippen molar-refractivity contribution < 1.29 is 14.3 Å². The molecule has 2 heterocycles. The first kappa shape index (κ1) is 14.3. The largest absolute Gasteiger partial charge is 0.381 e. The molecule has 1 N–H and O–H groups in total. The molecule has 2 aliphatic rings. The van der Waals surface area contributed by atoms with E-state index in [9.17, 15) is 9.59 Å². The van der Waals surface area contributed by atoms with Gasteiger partial charge in [0.15, 0.2) is 0 Å². The Kier molecular flexibility index (Phi) is 4.80. The van der Waals surface area contributed by atoms with E-state index < -0.39 is 0 Å². The Bertz CT molecular complexity index is 340. The SMILES string of the molecule is CCC(C)C1C(=O)NCC(=O)N1CC1CCOCC1. The monoisotopic (exact) mass is 268 g/mol. The van der Waals surface area contributed by atoms with Crippen LogP contribution in [0.4, 0.5) is 0 Å². The van der Waals surface area contributed by atoms with Crippen molar-refractivity contribution in [2.45, 2.75) is 39.2 Å². The summed E-state index contributed by atoms with van der Waals surface area (Å²) < 4.78 is 5.35. The molecule has 2 amide bonds. The zero-order valence-corrected chi connectivity index (χ0v) is 11.9. The van der Waals surface area contributed by atoms with Gasteiger partial charge in [0.05, 0.1) is 6.54 Å². The number of nitrogens with zero attached hydrogens (tertiary/aromatic N) is 1. The Labute approximate surface area is 114 Å². The Morgan fingerprint density at radius 2 is 2.05 bits per heavy atom. The van der Waals surface area contributed by atoms with Crippen molar-refractivity contribution in [3.05, 3.63) is 0 Å². The number of rotatable bonds is 4. The van der Waals surface area contributed by atoms with Gasteiger partial charge in [0.1, 0.15) is 6.04 Å². The maximum Gasteiger partial charge on any atom is 0.243 e. The van der Waals surface area contributed by atoms with Gasteiger partial charge in [-0.1, -0.05) is 20.3 Å². The van der Waals surface area contributed by atoms with Crippen LogP contribution in [0.3, 0.4) is 0 Å². The molecule has 0 spiro atoms. The van der Waals surface area contributed by atoms with Gasteiger partial charge in [0.25, 0.3) is 0 Å². The number of piperazine rings is 1. The van der Waals surface area contributed by atoms with Crippen LogP contribution >= 0.6 is 0 Å². The fraction of sp³-hybridized carbons (Fsp3) is 0.857. The molecule has 0 radical (unpaired) electrons. The smallest absolute Gasteiger partial charge is 0.243 e. The lowest BCUT2D eigenvalue weighted by molar-refractivity contribution is -0.149. The third-order valence-electron chi connectivity index (χ3n) is 4.32. The summed E-state index contributed by atoms with van der Waals surface area (Å²) in [6.45, 7) is 6.49. The molecule has 2 saturated heterocycles. The van der Waals surface area contributed by atoms with E-state index in [2.05, 4.69) is 12.2 Å². The fourth-order valence-corrected chi connectivity index (χ4v) is 2.88.